The summed E-state index contributed by atoms with van der Waals surface area (Å²) in [7, 11) is 1.80. The average Bonchev–Trinajstić information content (AvgIpc) is 2.83. The molecule has 0 spiro atoms. The van der Waals surface area contributed by atoms with Crippen molar-refractivity contribution in [3.63, 3.8) is 0 Å². The van der Waals surface area contributed by atoms with E-state index in [9.17, 15) is 9.90 Å². The molecule has 0 bridgehead atoms. The highest BCUT2D eigenvalue weighted by Crippen LogP contribution is 2.33. The molecule has 3 N–H and O–H groups in total. The van der Waals surface area contributed by atoms with Crippen LogP contribution in [0.15, 0.2) is 12.4 Å². The van der Waals surface area contributed by atoms with Crippen LogP contribution in [-0.2, 0) is 12.6 Å². The zero-order valence-electron chi connectivity index (χ0n) is 14.6. The topological polar surface area (TPSA) is 79.2 Å². The highest BCUT2D eigenvalue weighted by Gasteiger charge is 2.28. The minimum absolute atomic E-state index is 0.154. The van der Waals surface area contributed by atoms with Crippen LogP contribution in [0.1, 0.15) is 57.9 Å². The number of aliphatic hydroxyl groups is 1. The first-order valence-electron chi connectivity index (χ1n) is 8.54. The number of carbonyl (C=O) groups excluding carboxylic acids is 1. The maximum Gasteiger partial charge on any atom is 0.314 e. The Morgan fingerprint density at radius 2 is 2.00 bits per heavy atom. The molecule has 23 heavy (non-hydrogen) atoms. The van der Waals surface area contributed by atoms with Crippen LogP contribution in [0.5, 0.6) is 0 Å². The van der Waals surface area contributed by atoms with E-state index < -0.39 is 5.60 Å². The highest BCUT2D eigenvalue weighted by molar-refractivity contribution is 5.74. The van der Waals surface area contributed by atoms with Gasteiger partial charge in [-0.25, -0.2) is 4.79 Å². The third-order valence-corrected chi connectivity index (χ3v) is 4.91. The number of hydrogen-bond acceptors (Lipinski definition) is 3. The van der Waals surface area contributed by atoms with E-state index in [0.717, 1.165) is 0 Å². The number of urea groups is 1. The zero-order valence-corrected chi connectivity index (χ0v) is 14.6. The van der Waals surface area contributed by atoms with E-state index in [2.05, 4.69) is 22.7 Å². The Hall–Kier alpha value is -1.56. The maximum absolute atomic E-state index is 12.0. The summed E-state index contributed by atoms with van der Waals surface area (Å²) in [6.45, 7) is 4.77. The Morgan fingerprint density at radius 1 is 1.35 bits per heavy atom. The Labute approximate surface area is 138 Å². The molecule has 130 valence electrons. The molecule has 1 atom stereocenters. The van der Waals surface area contributed by atoms with Gasteiger partial charge >= 0.3 is 6.03 Å². The summed E-state index contributed by atoms with van der Waals surface area (Å²) in [4.78, 5) is 12.0. The highest BCUT2D eigenvalue weighted by atomic mass is 16.3. The summed E-state index contributed by atoms with van der Waals surface area (Å²) in [5.41, 5.74) is -0.242. The number of rotatable bonds is 5. The van der Waals surface area contributed by atoms with Crippen LogP contribution >= 0.6 is 0 Å². The van der Waals surface area contributed by atoms with Gasteiger partial charge in [0.15, 0.2) is 0 Å². The van der Waals surface area contributed by atoms with Gasteiger partial charge in [0.2, 0.25) is 0 Å². The van der Waals surface area contributed by atoms with Crippen LogP contribution in [0.3, 0.4) is 0 Å². The molecule has 1 saturated carbocycles. The van der Waals surface area contributed by atoms with Crippen molar-refractivity contribution in [2.45, 2.75) is 58.0 Å². The van der Waals surface area contributed by atoms with Crippen LogP contribution in [0, 0.1) is 5.41 Å². The normalized spacial score (nSPS) is 20.3. The standard InChI is InChI=1S/C17H30N4O2/c1-16(8-6-4-5-7-9-16)12-18-15(22)19-13-17(2,23)14-10-20-21(3)11-14/h10-11,23H,4-9,12-13H2,1-3H3,(H2,18,19,22). The molecular formula is C17H30N4O2. The fraction of sp³-hybridized carbons (Fsp3) is 0.765. The largest absolute Gasteiger partial charge is 0.383 e. The zero-order chi connectivity index (χ0) is 16.9. The van der Waals surface area contributed by atoms with Gasteiger partial charge in [-0.1, -0.05) is 32.6 Å². The van der Waals surface area contributed by atoms with Crippen molar-refractivity contribution in [3.8, 4) is 0 Å². The van der Waals surface area contributed by atoms with Crippen LogP contribution in [0.4, 0.5) is 4.79 Å². The third kappa shape index (κ3) is 5.23. The molecule has 1 heterocycles. The maximum atomic E-state index is 12.0. The predicted molar refractivity (Wildman–Crippen MR) is 90.0 cm³/mol. The summed E-state index contributed by atoms with van der Waals surface area (Å²) in [6.07, 6.45) is 10.8. The molecule has 1 aromatic heterocycles. The van der Waals surface area contributed by atoms with E-state index in [-0.39, 0.29) is 18.0 Å². The van der Waals surface area contributed by atoms with E-state index in [0.29, 0.717) is 12.1 Å². The number of amides is 2. The van der Waals surface area contributed by atoms with Crippen molar-refractivity contribution >= 4 is 6.03 Å². The van der Waals surface area contributed by atoms with Crippen LogP contribution in [-0.4, -0.2) is 34.0 Å². The number of nitrogens with one attached hydrogen (secondary N) is 2. The van der Waals surface area contributed by atoms with Crippen molar-refractivity contribution in [1.29, 1.82) is 0 Å². The first-order valence-corrected chi connectivity index (χ1v) is 8.54. The van der Waals surface area contributed by atoms with Gasteiger partial charge < -0.3 is 15.7 Å². The quantitative estimate of drug-likeness (QED) is 0.728. The minimum Gasteiger partial charge on any atom is -0.383 e. The molecule has 0 aromatic carbocycles. The number of hydrogen-bond donors (Lipinski definition) is 3. The van der Waals surface area contributed by atoms with E-state index in [1.807, 2.05) is 0 Å². The number of aromatic nitrogens is 2. The molecule has 6 nitrogen and oxygen atoms in total. The van der Waals surface area contributed by atoms with E-state index in [1.165, 1.54) is 38.5 Å². The van der Waals surface area contributed by atoms with Crippen molar-refractivity contribution in [2.75, 3.05) is 13.1 Å². The Bertz CT molecular complexity index is 516. The molecule has 2 rings (SSSR count). The second-order valence-electron chi connectivity index (χ2n) is 7.44. The molecule has 0 saturated heterocycles. The molecule has 6 heteroatoms. The molecule has 1 fully saturated rings. The monoisotopic (exact) mass is 322 g/mol. The first-order chi connectivity index (χ1) is 10.8. The van der Waals surface area contributed by atoms with E-state index >= 15 is 0 Å². The van der Waals surface area contributed by atoms with Gasteiger partial charge in [-0.2, -0.15) is 5.10 Å². The fourth-order valence-corrected chi connectivity index (χ4v) is 3.17. The second kappa shape index (κ2) is 7.34. The molecule has 2 amide bonds. The Kier molecular flexibility index (Phi) is 5.68. The van der Waals surface area contributed by atoms with Gasteiger partial charge in [-0.3, -0.25) is 4.68 Å². The van der Waals surface area contributed by atoms with E-state index in [1.54, 1.807) is 31.0 Å². The van der Waals surface area contributed by atoms with Gasteiger partial charge in [0.25, 0.3) is 0 Å². The summed E-state index contributed by atoms with van der Waals surface area (Å²) < 4.78 is 1.64. The summed E-state index contributed by atoms with van der Waals surface area (Å²) in [6, 6.07) is -0.223. The van der Waals surface area contributed by atoms with Crippen molar-refractivity contribution in [3.05, 3.63) is 18.0 Å². The van der Waals surface area contributed by atoms with Crippen molar-refractivity contribution in [1.82, 2.24) is 20.4 Å². The molecule has 1 aliphatic carbocycles. The lowest BCUT2D eigenvalue weighted by atomic mass is 9.82. The van der Waals surface area contributed by atoms with Gasteiger partial charge in [-0.15, -0.1) is 0 Å². The van der Waals surface area contributed by atoms with Crippen LogP contribution in [0.2, 0.25) is 0 Å². The van der Waals surface area contributed by atoms with Gasteiger partial charge in [0.05, 0.1) is 12.7 Å². The molecule has 0 aliphatic heterocycles. The molecule has 0 radical (unpaired) electrons. The summed E-state index contributed by atoms with van der Waals surface area (Å²) in [5, 5.41) is 20.2. The lowest BCUT2D eigenvalue weighted by Gasteiger charge is -2.29. The van der Waals surface area contributed by atoms with Crippen LogP contribution < -0.4 is 10.6 Å². The second-order valence-corrected chi connectivity index (χ2v) is 7.44. The number of carbonyl (C=O) groups is 1. The lowest BCUT2D eigenvalue weighted by Crippen LogP contribution is -2.46. The van der Waals surface area contributed by atoms with E-state index in [4.69, 9.17) is 0 Å². The summed E-state index contributed by atoms with van der Waals surface area (Å²) in [5.74, 6) is 0. The fourth-order valence-electron chi connectivity index (χ4n) is 3.17. The number of aryl methyl sites for hydroxylation is 1. The molecule has 1 unspecified atom stereocenters. The Morgan fingerprint density at radius 3 is 2.57 bits per heavy atom. The lowest BCUT2D eigenvalue weighted by molar-refractivity contribution is 0.0591. The smallest absolute Gasteiger partial charge is 0.314 e. The predicted octanol–water partition coefficient (Wildman–Crippen LogP) is 2.29. The van der Waals surface area contributed by atoms with Crippen LogP contribution in [0.25, 0.3) is 0 Å². The van der Waals surface area contributed by atoms with Gasteiger partial charge in [0, 0.05) is 25.4 Å². The average molecular weight is 322 g/mol. The number of nitrogens with zero attached hydrogens (tertiary/aromatic N) is 2. The van der Waals surface area contributed by atoms with Crippen molar-refractivity contribution in [2.24, 2.45) is 12.5 Å². The van der Waals surface area contributed by atoms with Gasteiger partial charge in [0.1, 0.15) is 5.60 Å². The first kappa shape index (κ1) is 17.8. The molecular weight excluding hydrogens is 292 g/mol. The molecule has 1 aromatic rings. The summed E-state index contributed by atoms with van der Waals surface area (Å²) >= 11 is 0. The molecule has 1 aliphatic rings. The minimum atomic E-state index is -1.13. The SMILES string of the molecule is Cn1cc(C(C)(O)CNC(=O)NCC2(C)CCCCCC2)cn1. The third-order valence-electron chi connectivity index (χ3n) is 4.91. The Balaban J connectivity index is 1.78. The van der Waals surface area contributed by atoms with Gasteiger partial charge in [-0.05, 0) is 25.2 Å². The van der Waals surface area contributed by atoms with Crippen molar-refractivity contribution < 1.29 is 9.90 Å².